The predicted octanol–water partition coefficient (Wildman–Crippen LogP) is 3.17. The van der Waals surface area contributed by atoms with Gasteiger partial charge in [0, 0.05) is 32.1 Å². The number of carbonyl (C=O) groups is 1. The van der Waals surface area contributed by atoms with E-state index < -0.39 is 10.0 Å². The van der Waals surface area contributed by atoms with Crippen LogP contribution in [0.25, 0.3) is 0 Å². The van der Waals surface area contributed by atoms with Crippen LogP contribution in [0.5, 0.6) is 0 Å². The fourth-order valence-electron chi connectivity index (χ4n) is 3.61. The van der Waals surface area contributed by atoms with Gasteiger partial charge in [0.25, 0.3) is 10.0 Å². The summed E-state index contributed by atoms with van der Waals surface area (Å²) in [4.78, 5) is 14.5. The molecule has 5 nitrogen and oxygen atoms in total. The molecule has 2 aliphatic rings. The van der Waals surface area contributed by atoms with Crippen LogP contribution >= 0.6 is 27.3 Å². The van der Waals surface area contributed by atoms with Crippen molar-refractivity contribution in [3.63, 3.8) is 0 Å². The molecule has 0 aliphatic carbocycles. The summed E-state index contributed by atoms with van der Waals surface area (Å²) >= 11 is 4.56. The topological polar surface area (TPSA) is 57.7 Å². The minimum Gasteiger partial charge on any atom is -0.342 e. The number of halogens is 1. The van der Waals surface area contributed by atoms with Gasteiger partial charge in [0.05, 0.1) is 3.79 Å². The summed E-state index contributed by atoms with van der Waals surface area (Å²) in [5.41, 5.74) is 0. The third-order valence-corrected chi connectivity index (χ3v) is 9.15. The second-order valence-electron chi connectivity index (χ2n) is 6.62. The van der Waals surface area contributed by atoms with Crippen molar-refractivity contribution in [2.24, 2.45) is 11.8 Å². The summed E-state index contributed by atoms with van der Waals surface area (Å²) < 4.78 is 28.1. The Bertz CT molecular complexity index is 690. The number of likely N-dealkylation sites (tertiary alicyclic amines) is 1. The molecule has 1 atom stereocenters. The number of sulfonamides is 1. The number of rotatable bonds is 4. The zero-order valence-electron chi connectivity index (χ0n) is 13.8. The molecule has 0 spiro atoms. The zero-order valence-corrected chi connectivity index (χ0v) is 17.0. The van der Waals surface area contributed by atoms with Crippen molar-refractivity contribution >= 4 is 43.2 Å². The average molecular weight is 435 g/mol. The predicted molar refractivity (Wildman–Crippen MR) is 98.5 cm³/mol. The lowest BCUT2D eigenvalue weighted by Gasteiger charge is -2.34. The van der Waals surface area contributed by atoms with Crippen molar-refractivity contribution in [3.8, 4) is 0 Å². The van der Waals surface area contributed by atoms with Crippen molar-refractivity contribution in [1.82, 2.24) is 9.21 Å². The number of thiophene rings is 1. The van der Waals surface area contributed by atoms with Gasteiger partial charge in [-0.3, -0.25) is 4.79 Å². The Hall–Kier alpha value is -0.440. The molecule has 1 aromatic heterocycles. The molecule has 0 aromatic carbocycles. The monoisotopic (exact) mass is 434 g/mol. The van der Waals surface area contributed by atoms with E-state index in [2.05, 4.69) is 15.9 Å². The maximum absolute atomic E-state index is 12.7. The van der Waals surface area contributed by atoms with Crippen molar-refractivity contribution in [3.05, 3.63) is 15.9 Å². The van der Waals surface area contributed by atoms with Gasteiger partial charge in [0.1, 0.15) is 4.21 Å². The molecule has 2 aliphatic heterocycles. The van der Waals surface area contributed by atoms with E-state index in [0.29, 0.717) is 17.3 Å². The summed E-state index contributed by atoms with van der Waals surface area (Å²) in [5.74, 6) is 0.513. The highest BCUT2D eigenvalue weighted by Crippen LogP contribution is 2.33. The van der Waals surface area contributed by atoms with Gasteiger partial charge < -0.3 is 4.90 Å². The first-order chi connectivity index (χ1) is 11.4. The highest BCUT2D eigenvalue weighted by Gasteiger charge is 2.35. The van der Waals surface area contributed by atoms with Crippen LogP contribution in [0.1, 0.15) is 32.6 Å². The Kier molecular flexibility index (Phi) is 5.68. The minimum atomic E-state index is -3.40. The van der Waals surface area contributed by atoms with Gasteiger partial charge in [0.2, 0.25) is 5.91 Å². The van der Waals surface area contributed by atoms with Crippen molar-refractivity contribution < 1.29 is 13.2 Å². The fourth-order valence-corrected chi connectivity index (χ4v) is 7.24. The molecule has 3 heterocycles. The van der Waals surface area contributed by atoms with E-state index in [1.165, 1.54) is 11.3 Å². The first-order valence-electron chi connectivity index (χ1n) is 8.44. The van der Waals surface area contributed by atoms with Crippen molar-refractivity contribution in [2.75, 3.05) is 26.2 Å². The van der Waals surface area contributed by atoms with Crippen LogP contribution in [0, 0.1) is 11.8 Å². The number of carbonyl (C=O) groups excluding carboxylic acids is 1. The van der Waals surface area contributed by atoms with Gasteiger partial charge >= 0.3 is 0 Å². The van der Waals surface area contributed by atoms with Crippen LogP contribution in [-0.2, 0) is 14.8 Å². The van der Waals surface area contributed by atoms with Crippen LogP contribution in [0.3, 0.4) is 0 Å². The molecule has 1 aromatic rings. The molecule has 0 radical (unpaired) electrons. The van der Waals surface area contributed by atoms with E-state index in [9.17, 15) is 13.2 Å². The molecule has 0 saturated carbocycles. The first kappa shape index (κ1) is 18.4. The van der Waals surface area contributed by atoms with E-state index in [1.54, 1.807) is 16.4 Å². The van der Waals surface area contributed by atoms with Gasteiger partial charge in [-0.1, -0.05) is 6.92 Å². The second kappa shape index (κ2) is 7.43. The average Bonchev–Trinajstić information content (AvgIpc) is 3.25. The molecule has 2 saturated heterocycles. The Balaban J connectivity index is 1.60. The molecule has 24 heavy (non-hydrogen) atoms. The molecular weight excluding hydrogens is 412 g/mol. The van der Waals surface area contributed by atoms with Crippen molar-refractivity contribution in [1.29, 1.82) is 0 Å². The first-order valence-corrected chi connectivity index (χ1v) is 11.5. The number of nitrogens with zero attached hydrogens (tertiary/aromatic N) is 2. The lowest BCUT2D eigenvalue weighted by Crippen LogP contribution is -2.43. The van der Waals surface area contributed by atoms with Crippen LogP contribution < -0.4 is 0 Å². The molecule has 0 bridgehead atoms. The third kappa shape index (κ3) is 3.71. The lowest BCUT2D eigenvalue weighted by atomic mass is 9.85. The van der Waals surface area contributed by atoms with E-state index >= 15 is 0 Å². The Morgan fingerprint density at radius 1 is 1.21 bits per heavy atom. The molecule has 0 N–H and O–H groups in total. The number of piperidine rings is 1. The summed E-state index contributed by atoms with van der Waals surface area (Å²) in [6.45, 7) is 4.76. The Morgan fingerprint density at radius 2 is 1.83 bits per heavy atom. The number of hydrogen-bond acceptors (Lipinski definition) is 4. The van der Waals surface area contributed by atoms with E-state index in [0.717, 1.165) is 42.6 Å². The lowest BCUT2D eigenvalue weighted by molar-refractivity contribution is -0.136. The smallest absolute Gasteiger partial charge is 0.252 e. The van der Waals surface area contributed by atoms with Gasteiger partial charge in [-0.15, -0.1) is 11.3 Å². The maximum Gasteiger partial charge on any atom is 0.252 e. The fraction of sp³-hybridized carbons (Fsp3) is 0.688. The minimum absolute atomic E-state index is 0.0103. The highest BCUT2D eigenvalue weighted by atomic mass is 79.9. The number of hydrogen-bond donors (Lipinski definition) is 0. The van der Waals surface area contributed by atoms with Crippen LogP contribution in [-0.4, -0.2) is 49.7 Å². The Labute approximate surface area is 156 Å². The molecule has 3 rings (SSSR count). The van der Waals surface area contributed by atoms with Gasteiger partial charge in [-0.25, -0.2) is 8.42 Å². The second-order valence-corrected chi connectivity index (χ2v) is 11.2. The van der Waals surface area contributed by atoms with Gasteiger partial charge in [-0.05, 0) is 59.7 Å². The standard InChI is InChI=1S/C16H23BrN2O3S2/c1-12(16(20)18-8-2-3-9-18)13-6-10-19(11-7-13)24(21,22)15-5-4-14(17)23-15/h4-5,12-13H,2-3,6-11H2,1H3/t12-/m1/s1. The largest absolute Gasteiger partial charge is 0.342 e. The van der Waals surface area contributed by atoms with E-state index in [4.69, 9.17) is 0 Å². The quantitative estimate of drug-likeness (QED) is 0.730. The molecule has 1 amide bonds. The Morgan fingerprint density at radius 3 is 2.38 bits per heavy atom. The molecular formula is C16H23BrN2O3S2. The summed E-state index contributed by atoms with van der Waals surface area (Å²) in [7, 11) is -3.40. The normalized spacial score (nSPS) is 22.0. The van der Waals surface area contributed by atoms with E-state index in [-0.39, 0.29) is 17.7 Å². The van der Waals surface area contributed by atoms with Crippen molar-refractivity contribution in [2.45, 2.75) is 36.8 Å². The molecule has 8 heteroatoms. The van der Waals surface area contributed by atoms with E-state index in [1.807, 2.05) is 11.8 Å². The summed E-state index contributed by atoms with van der Waals surface area (Å²) in [5, 5.41) is 0. The van der Waals surface area contributed by atoms with Gasteiger partial charge in [0.15, 0.2) is 0 Å². The summed E-state index contributed by atoms with van der Waals surface area (Å²) in [6, 6.07) is 3.41. The van der Waals surface area contributed by atoms with Crippen LogP contribution in [0.15, 0.2) is 20.1 Å². The van der Waals surface area contributed by atoms with Gasteiger partial charge in [-0.2, -0.15) is 4.31 Å². The van der Waals surface area contributed by atoms with Crippen LogP contribution in [0.2, 0.25) is 0 Å². The maximum atomic E-state index is 12.7. The SMILES string of the molecule is C[C@@H](C(=O)N1CCCC1)C1CCN(S(=O)(=O)c2ccc(Br)s2)CC1. The number of amides is 1. The molecule has 134 valence electrons. The zero-order chi connectivity index (χ0) is 17.3. The third-order valence-electron chi connectivity index (χ3n) is 5.16. The van der Waals surface area contributed by atoms with Crippen LogP contribution in [0.4, 0.5) is 0 Å². The summed E-state index contributed by atoms with van der Waals surface area (Å²) in [6.07, 6.45) is 3.72. The molecule has 0 unspecified atom stereocenters. The molecule has 2 fully saturated rings. The highest BCUT2D eigenvalue weighted by molar-refractivity contribution is 9.11.